The van der Waals surface area contributed by atoms with Gasteiger partial charge in [0.15, 0.2) is 0 Å². The lowest BCUT2D eigenvalue weighted by Gasteiger charge is -2.25. The van der Waals surface area contributed by atoms with Crippen molar-refractivity contribution in [2.75, 3.05) is 33.8 Å². The molecule has 0 saturated carbocycles. The molecule has 0 heterocycles. The Labute approximate surface area is 163 Å². The molecule has 0 N–H and O–H groups in total. The summed E-state index contributed by atoms with van der Waals surface area (Å²) >= 11 is 0. The molecule has 0 aliphatic heterocycles. The number of rotatable bonds is 8. The number of alkyl halides is 3. The number of halogens is 3. The molecule has 2 aromatic rings. The second-order valence-electron chi connectivity index (χ2n) is 6.69. The number of hydrogen-bond donors (Lipinski definition) is 0. The van der Waals surface area contributed by atoms with Gasteiger partial charge in [0.25, 0.3) is 5.91 Å². The van der Waals surface area contributed by atoms with E-state index >= 15 is 0 Å². The van der Waals surface area contributed by atoms with E-state index in [2.05, 4.69) is 0 Å². The second kappa shape index (κ2) is 9.59. The van der Waals surface area contributed by atoms with E-state index in [-0.39, 0.29) is 12.5 Å². The summed E-state index contributed by atoms with van der Waals surface area (Å²) in [5.74, 6) is 0.334. The highest BCUT2D eigenvalue weighted by Gasteiger charge is 2.30. The lowest BCUT2D eigenvalue weighted by Crippen LogP contribution is -2.36. The molecule has 0 aromatic heterocycles. The second-order valence-corrected chi connectivity index (χ2v) is 6.69. The summed E-state index contributed by atoms with van der Waals surface area (Å²) in [6.07, 6.45) is -4.42. The normalized spacial score (nSPS) is 11.5. The highest BCUT2D eigenvalue weighted by atomic mass is 19.4. The van der Waals surface area contributed by atoms with E-state index in [1.807, 2.05) is 25.9 Å². The number of likely N-dealkylation sites (N-methyl/N-ethyl adjacent to an activating group) is 1. The molecule has 0 atom stereocenters. The smallest absolute Gasteiger partial charge is 0.416 e. The van der Waals surface area contributed by atoms with Gasteiger partial charge >= 0.3 is 6.18 Å². The van der Waals surface area contributed by atoms with Gasteiger partial charge in [0.1, 0.15) is 5.75 Å². The van der Waals surface area contributed by atoms with Crippen molar-refractivity contribution in [2.24, 2.45) is 0 Å². The zero-order valence-corrected chi connectivity index (χ0v) is 16.3. The van der Waals surface area contributed by atoms with E-state index in [1.165, 1.54) is 6.07 Å². The molecule has 0 spiro atoms. The SMILES string of the molecule is CCOc1cccc(C(=O)N(CCN(C)C)Cc2cccc(C(F)(F)F)c2)c1. The number of ether oxygens (including phenoxy) is 1. The number of benzene rings is 2. The van der Waals surface area contributed by atoms with E-state index in [9.17, 15) is 18.0 Å². The van der Waals surface area contributed by atoms with Crippen molar-refractivity contribution in [3.63, 3.8) is 0 Å². The Morgan fingerprint density at radius 1 is 1.04 bits per heavy atom. The molecule has 28 heavy (non-hydrogen) atoms. The Hall–Kier alpha value is -2.54. The molecule has 0 aliphatic rings. The highest BCUT2D eigenvalue weighted by molar-refractivity contribution is 5.94. The summed E-state index contributed by atoms with van der Waals surface area (Å²) in [5.41, 5.74) is 0.155. The van der Waals surface area contributed by atoms with Gasteiger partial charge in [0.05, 0.1) is 12.2 Å². The van der Waals surface area contributed by atoms with Crippen LogP contribution in [-0.4, -0.2) is 49.5 Å². The van der Waals surface area contributed by atoms with Crippen LogP contribution in [-0.2, 0) is 12.7 Å². The summed E-state index contributed by atoms with van der Waals surface area (Å²) in [6, 6.07) is 11.9. The summed E-state index contributed by atoms with van der Waals surface area (Å²) in [5, 5.41) is 0. The van der Waals surface area contributed by atoms with Gasteiger partial charge in [-0.15, -0.1) is 0 Å². The van der Waals surface area contributed by atoms with Crippen molar-refractivity contribution in [1.29, 1.82) is 0 Å². The lowest BCUT2D eigenvalue weighted by molar-refractivity contribution is -0.137. The fourth-order valence-electron chi connectivity index (χ4n) is 2.71. The van der Waals surface area contributed by atoms with E-state index in [0.717, 1.165) is 12.1 Å². The maximum atomic E-state index is 13.0. The fraction of sp³-hybridized carbons (Fsp3) is 0.381. The van der Waals surface area contributed by atoms with Gasteiger partial charge in [-0.1, -0.05) is 18.2 Å². The van der Waals surface area contributed by atoms with Gasteiger partial charge in [0.2, 0.25) is 0 Å². The summed E-state index contributed by atoms with van der Waals surface area (Å²) < 4.78 is 44.4. The average molecular weight is 394 g/mol. The Bertz CT molecular complexity index is 791. The first kappa shape index (κ1) is 21.8. The minimum atomic E-state index is -4.42. The first-order chi connectivity index (χ1) is 13.2. The number of carbonyl (C=O) groups is 1. The first-order valence-electron chi connectivity index (χ1n) is 9.03. The molecule has 0 bridgehead atoms. The van der Waals surface area contributed by atoms with Crippen molar-refractivity contribution in [3.05, 3.63) is 65.2 Å². The van der Waals surface area contributed by atoms with Crippen LogP contribution in [0.1, 0.15) is 28.4 Å². The Morgan fingerprint density at radius 2 is 1.75 bits per heavy atom. The predicted molar refractivity (Wildman–Crippen MR) is 102 cm³/mol. The van der Waals surface area contributed by atoms with Crippen LogP contribution in [0.5, 0.6) is 5.75 Å². The van der Waals surface area contributed by atoms with Gasteiger partial charge in [-0.3, -0.25) is 4.79 Å². The van der Waals surface area contributed by atoms with E-state index in [1.54, 1.807) is 35.2 Å². The van der Waals surface area contributed by atoms with Crippen LogP contribution in [0.15, 0.2) is 48.5 Å². The van der Waals surface area contributed by atoms with Crippen LogP contribution >= 0.6 is 0 Å². The number of amides is 1. The number of carbonyl (C=O) groups excluding carboxylic acids is 1. The lowest BCUT2D eigenvalue weighted by atomic mass is 10.1. The minimum Gasteiger partial charge on any atom is -0.494 e. The molecule has 0 saturated heterocycles. The first-order valence-corrected chi connectivity index (χ1v) is 9.03. The van der Waals surface area contributed by atoms with E-state index in [0.29, 0.717) is 36.6 Å². The molecule has 0 unspecified atom stereocenters. The third-order valence-electron chi connectivity index (χ3n) is 4.12. The van der Waals surface area contributed by atoms with Crippen LogP contribution in [0.4, 0.5) is 13.2 Å². The Balaban J connectivity index is 2.26. The molecule has 152 valence electrons. The maximum Gasteiger partial charge on any atom is 0.416 e. The van der Waals surface area contributed by atoms with Crippen molar-refractivity contribution < 1.29 is 22.7 Å². The highest BCUT2D eigenvalue weighted by Crippen LogP contribution is 2.30. The molecule has 0 aliphatic carbocycles. The molecule has 0 radical (unpaired) electrons. The molecule has 4 nitrogen and oxygen atoms in total. The zero-order valence-electron chi connectivity index (χ0n) is 16.3. The topological polar surface area (TPSA) is 32.8 Å². The van der Waals surface area contributed by atoms with Gasteiger partial charge in [-0.25, -0.2) is 0 Å². The average Bonchev–Trinajstić information content (AvgIpc) is 2.64. The molecule has 7 heteroatoms. The molecular formula is C21H25F3N2O2. The summed E-state index contributed by atoms with van der Waals surface area (Å²) in [6.45, 7) is 3.41. The minimum absolute atomic E-state index is 0.0927. The van der Waals surface area contributed by atoms with Crippen molar-refractivity contribution in [2.45, 2.75) is 19.6 Å². The van der Waals surface area contributed by atoms with Crippen LogP contribution in [0.2, 0.25) is 0 Å². The maximum absolute atomic E-state index is 13.0. The van der Waals surface area contributed by atoms with Crippen LogP contribution in [0.25, 0.3) is 0 Å². The molecule has 0 fully saturated rings. The predicted octanol–water partition coefficient (Wildman–Crippen LogP) is 4.31. The monoisotopic (exact) mass is 394 g/mol. The van der Waals surface area contributed by atoms with Crippen LogP contribution in [0, 0.1) is 0 Å². The van der Waals surface area contributed by atoms with Gasteiger partial charge in [0, 0.05) is 25.2 Å². The van der Waals surface area contributed by atoms with Gasteiger partial charge in [-0.2, -0.15) is 13.2 Å². The Kier molecular flexibility index (Phi) is 7.45. The largest absolute Gasteiger partial charge is 0.494 e. The standard InChI is InChI=1S/C21H25F3N2O2/c1-4-28-19-10-6-8-17(14-19)20(27)26(12-11-25(2)3)15-16-7-5-9-18(13-16)21(22,23)24/h5-10,13-14H,4,11-12,15H2,1-3H3. The van der Waals surface area contributed by atoms with E-state index < -0.39 is 11.7 Å². The number of hydrogen-bond acceptors (Lipinski definition) is 3. The molecular weight excluding hydrogens is 369 g/mol. The van der Waals surface area contributed by atoms with Gasteiger partial charge < -0.3 is 14.5 Å². The molecule has 2 rings (SSSR count). The van der Waals surface area contributed by atoms with Crippen LogP contribution in [0.3, 0.4) is 0 Å². The molecule has 1 amide bonds. The number of nitrogens with zero attached hydrogens (tertiary/aromatic N) is 2. The third-order valence-corrected chi connectivity index (χ3v) is 4.12. The van der Waals surface area contributed by atoms with Crippen LogP contribution < -0.4 is 4.74 Å². The van der Waals surface area contributed by atoms with Crippen molar-refractivity contribution in [3.8, 4) is 5.75 Å². The van der Waals surface area contributed by atoms with Crippen molar-refractivity contribution in [1.82, 2.24) is 9.80 Å². The summed E-state index contributed by atoms with van der Waals surface area (Å²) in [7, 11) is 3.76. The summed E-state index contributed by atoms with van der Waals surface area (Å²) in [4.78, 5) is 16.5. The third kappa shape index (κ3) is 6.27. The molecule has 2 aromatic carbocycles. The quantitative estimate of drug-likeness (QED) is 0.669. The van der Waals surface area contributed by atoms with Gasteiger partial charge in [-0.05, 0) is 56.9 Å². The van der Waals surface area contributed by atoms with E-state index in [4.69, 9.17) is 4.74 Å². The Morgan fingerprint density at radius 3 is 2.39 bits per heavy atom. The fourth-order valence-corrected chi connectivity index (χ4v) is 2.71. The van der Waals surface area contributed by atoms with Crippen molar-refractivity contribution >= 4 is 5.91 Å². The zero-order chi connectivity index (χ0) is 20.7.